The molecule has 0 fully saturated rings. The fraction of sp³-hybridized carbons (Fsp3) is 0.643. The Labute approximate surface area is 119 Å². The third kappa shape index (κ3) is 6.71. The third-order valence-electron chi connectivity index (χ3n) is 2.60. The van der Waals surface area contributed by atoms with E-state index in [0.717, 1.165) is 6.42 Å². The van der Waals surface area contributed by atoms with Crippen LogP contribution in [0.15, 0.2) is 12.1 Å². The Hall–Kier alpha value is -0.910. The predicted octanol–water partition coefficient (Wildman–Crippen LogP) is 1.63. The summed E-state index contributed by atoms with van der Waals surface area (Å²) in [6, 6.07) is 4.16. The first-order chi connectivity index (χ1) is 8.80. The number of likely N-dealkylation sites (N-methyl/N-ethyl adjacent to an activating group) is 1. The molecule has 1 aromatic rings. The number of carbonyl (C=O) groups excluding carboxylic acids is 1. The van der Waals surface area contributed by atoms with Crippen LogP contribution < -0.4 is 5.32 Å². The van der Waals surface area contributed by atoms with Gasteiger partial charge >= 0.3 is 0 Å². The number of aryl methyl sites for hydroxylation is 1. The molecule has 0 atom stereocenters. The number of amides is 1. The molecule has 1 rings (SSSR count). The first-order valence-electron chi connectivity index (χ1n) is 6.55. The summed E-state index contributed by atoms with van der Waals surface area (Å²) in [6.45, 7) is 6.95. The molecule has 19 heavy (non-hydrogen) atoms. The second-order valence-electron chi connectivity index (χ2n) is 5.48. The molecule has 0 aliphatic rings. The Morgan fingerprint density at radius 2 is 2.05 bits per heavy atom. The lowest BCUT2D eigenvalue weighted by atomic mass is 10.1. The largest absolute Gasteiger partial charge is 0.389 e. The summed E-state index contributed by atoms with van der Waals surface area (Å²) in [4.78, 5) is 16.1. The first kappa shape index (κ1) is 16.1. The minimum Gasteiger partial charge on any atom is -0.389 e. The molecule has 1 amide bonds. The summed E-state index contributed by atoms with van der Waals surface area (Å²) in [7, 11) is 1.83. The van der Waals surface area contributed by atoms with Gasteiger partial charge in [-0.05, 0) is 39.4 Å². The van der Waals surface area contributed by atoms with Crippen molar-refractivity contribution in [3.05, 3.63) is 21.9 Å². The van der Waals surface area contributed by atoms with Gasteiger partial charge in [-0.15, -0.1) is 11.3 Å². The summed E-state index contributed by atoms with van der Waals surface area (Å²) in [5, 5.41) is 12.6. The summed E-state index contributed by atoms with van der Waals surface area (Å²) in [5.41, 5.74) is -0.779. The highest BCUT2D eigenvalue weighted by Gasteiger charge is 2.17. The molecule has 1 aromatic heterocycles. The van der Waals surface area contributed by atoms with Crippen molar-refractivity contribution in [2.75, 3.05) is 20.1 Å². The van der Waals surface area contributed by atoms with Gasteiger partial charge in [-0.3, -0.25) is 9.69 Å². The van der Waals surface area contributed by atoms with Crippen LogP contribution in [0.1, 0.15) is 30.5 Å². The van der Waals surface area contributed by atoms with Gasteiger partial charge in [-0.2, -0.15) is 0 Å². The van der Waals surface area contributed by atoms with E-state index in [0.29, 0.717) is 19.6 Å². The highest BCUT2D eigenvalue weighted by Crippen LogP contribution is 2.16. The van der Waals surface area contributed by atoms with Crippen molar-refractivity contribution in [1.29, 1.82) is 0 Å². The number of aliphatic hydroxyl groups is 1. The Balaban J connectivity index is 2.31. The summed E-state index contributed by atoms with van der Waals surface area (Å²) < 4.78 is 0. The lowest BCUT2D eigenvalue weighted by molar-refractivity contribution is -0.122. The van der Waals surface area contributed by atoms with Gasteiger partial charge in [0.15, 0.2) is 0 Å². The molecule has 0 saturated heterocycles. The molecule has 0 saturated carbocycles. The fourth-order valence-electron chi connectivity index (χ4n) is 1.91. The van der Waals surface area contributed by atoms with Crippen LogP contribution in [0.5, 0.6) is 0 Å². The lowest BCUT2D eigenvalue weighted by Crippen LogP contribution is -2.41. The lowest BCUT2D eigenvalue weighted by Gasteiger charge is -2.24. The average Bonchev–Trinajstić information content (AvgIpc) is 2.71. The van der Waals surface area contributed by atoms with Gasteiger partial charge in [0.2, 0.25) is 5.91 Å². The van der Waals surface area contributed by atoms with Crippen LogP contribution in [0.2, 0.25) is 0 Å². The highest BCUT2D eigenvalue weighted by molar-refractivity contribution is 7.11. The number of rotatable bonds is 7. The van der Waals surface area contributed by atoms with Gasteiger partial charge in [0.1, 0.15) is 0 Å². The zero-order valence-corrected chi connectivity index (χ0v) is 13.0. The van der Waals surface area contributed by atoms with Crippen molar-refractivity contribution >= 4 is 17.2 Å². The summed E-state index contributed by atoms with van der Waals surface area (Å²) in [5.74, 6) is -0.0156. The molecule has 5 heteroatoms. The second kappa shape index (κ2) is 7.03. The van der Waals surface area contributed by atoms with E-state index < -0.39 is 5.60 Å². The van der Waals surface area contributed by atoms with Gasteiger partial charge < -0.3 is 10.4 Å². The van der Waals surface area contributed by atoms with Crippen LogP contribution in [-0.2, 0) is 17.8 Å². The van der Waals surface area contributed by atoms with Gasteiger partial charge in [0, 0.05) is 16.3 Å². The number of nitrogens with one attached hydrogen (secondary N) is 1. The number of hydrogen-bond acceptors (Lipinski definition) is 4. The van der Waals surface area contributed by atoms with Crippen molar-refractivity contribution in [2.45, 2.75) is 39.3 Å². The van der Waals surface area contributed by atoms with Gasteiger partial charge in [0.25, 0.3) is 0 Å². The second-order valence-corrected chi connectivity index (χ2v) is 6.74. The maximum absolute atomic E-state index is 11.8. The molecule has 0 unspecified atom stereocenters. The van der Waals surface area contributed by atoms with Gasteiger partial charge in [0.05, 0.1) is 18.7 Å². The predicted molar refractivity (Wildman–Crippen MR) is 79.3 cm³/mol. The van der Waals surface area contributed by atoms with Gasteiger partial charge in [-0.25, -0.2) is 0 Å². The van der Waals surface area contributed by atoms with Gasteiger partial charge in [-0.1, -0.05) is 6.92 Å². The third-order valence-corrected chi connectivity index (χ3v) is 3.83. The zero-order valence-electron chi connectivity index (χ0n) is 12.2. The van der Waals surface area contributed by atoms with E-state index in [9.17, 15) is 9.90 Å². The van der Waals surface area contributed by atoms with Crippen molar-refractivity contribution in [1.82, 2.24) is 10.2 Å². The molecular formula is C14H24N2O2S. The first-order valence-corrected chi connectivity index (χ1v) is 7.37. The maximum Gasteiger partial charge on any atom is 0.234 e. The van der Waals surface area contributed by atoms with Crippen molar-refractivity contribution in [3.8, 4) is 0 Å². The molecule has 0 bridgehead atoms. The topological polar surface area (TPSA) is 52.6 Å². The van der Waals surface area contributed by atoms with Crippen LogP contribution in [0.4, 0.5) is 0 Å². The van der Waals surface area contributed by atoms with Crippen LogP contribution >= 0.6 is 11.3 Å². The minimum atomic E-state index is -0.779. The molecular weight excluding hydrogens is 260 g/mol. The molecule has 0 radical (unpaired) electrons. The van der Waals surface area contributed by atoms with E-state index in [4.69, 9.17) is 0 Å². The number of carbonyl (C=O) groups is 1. The van der Waals surface area contributed by atoms with E-state index in [1.165, 1.54) is 9.75 Å². The van der Waals surface area contributed by atoms with E-state index in [-0.39, 0.29) is 5.91 Å². The smallest absolute Gasteiger partial charge is 0.234 e. The monoisotopic (exact) mass is 284 g/mol. The Morgan fingerprint density at radius 1 is 1.42 bits per heavy atom. The Kier molecular flexibility index (Phi) is 5.97. The average molecular weight is 284 g/mol. The Morgan fingerprint density at radius 3 is 2.58 bits per heavy atom. The zero-order chi connectivity index (χ0) is 14.5. The van der Waals surface area contributed by atoms with Crippen molar-refractivity contribution < 1.29 is 9.90 Å². The van der Waals surface area contributed by atoms with Crippen molar-refractivity contribution in [3.63, 3.8) is 0 Å². The van der Waals surface area contributed by atoms with E-state index in [2.05, 4.69) is 24.4 Å². The molecule has 108 valence electrons. The molecule has 0 aliphatic heterocycles. The minimum absolute atomic E-state index is 0.0156. The molecule has 4 nitrogen and oxygen atoms in total. The number of thiophene rings is 1. The standard InChI is InChI=1S/C14H24N2O2S/c1-5-11-6-7-12(19-11)8-15-13(17)9-16(4)10-14(2,3)18/h6-7,18H,5,8-10H2,1-4H3,(H,15,17). The number of hydrogen-bond donors (Lipinski definition) is 2. The van der Waals surface area contributed by atoms with Crippen LogP contribution in [0.25, 0.3) is 0 Å². The molecule has 0 aromatic carbocycles. The fourth-order valence-corrected chi connectivity index (χ4v) is 2.81. The normalized spacial score (nSPS) is 11.9. The number of nitrogens with zero attached hydrogens (tertiary/aromatic N) is 1. The van der Waals surface area contributed by atoms with Crippen LogP contribution in [0, 0.1) is 0 Å². The van der Waals surface area contributed by atoms with Crippen LogP contribution in [-0.4, -0.2) is 41.7 Å². The molecule has 0 aliphatic carbocycles. The quantitative estimate of drug-likeness (QED) is 0.800. The van der Waals surface area contributed by atoms with Crippen molar-refractivity contribution in [2.24, 2.45) is 0 Å². The SMILES string of the molecule is CCc1ccc(CNC(=O)CN(C)CC(C)(C)O)s1. The molecule has 0 spiro atoms. The molecule has 2 N–H and O–H groups in total. The van der Waals surface area contributed by atoms with Crippen LogP contribution in [0.3, 0.4) is 0 Å². The summed E-state index contributed by atoms with van der Waals surface area (Å²) >= 11 is 1.74. The summed E-state index contributed by atoms with van der Waals surface area (Å²) in [6.07, 6.45) is 1.03. The maximum atomic E-state index is 11.8. The Bertz CT molecular complexity index is 410. The van der Waals surface area contributed by atoms with E-state index in [1.807, 2.05) is 11.9 Å². The highest BCUT2D eigenvalue weighted by atomic mass is 32.1. The molecule has 1 heterocycles. The van der Waals surface area contributed by atoms with E-state index >= 15 is 0 Å². The van der Waals surface area contributed by atoms with E-state index in [1.54, 1.807) is 25.2 Å².